The second kappa shape index (κ2) is 5.69. The van der Waals surface area contributed by atoms with Gasteiger partial charge in [-0.2, -0.15) is 0 Å². The van der Waals surface area contributed by atoms with Crippen LogP contribution in [0.1, 0.15) is 24.6 Å². The van der Waals surface area contributed by atoms with Crippen molar-refractivity contribution in [3.63, 3.8) is 0 Å². The minimum atomic E-state index is -0.788. The standard InChI is InChI=1S/C15H17NO3/c1-3-19-13-6-4-5-12-11(7-8-14(17)18)9-10(2)16-15(12)13/h4-6,9H,3,7-8H2,1-2H3,(H,17,18). The number of aliphatic carboxylic acids is 1. The van der Waals surface area contributed by atoms with Crippen LogP contribution >= 0.6 is 0 Å². The molecule has 1 N–H and O–H groups in total. The van der Waals surface area contributed by atoms with Crippen molar-refractivity contribution in [1.29, 1.82) is 0 Å². The van der Waals surface area contributed by atoms with Gasteiger partial charge in [0.15, 0.2) is 0 Å². The molecule has 2 rings (SSSR count). The number of carboxylic acid groups (broad SMARTS) is 1. The Morgan fingerprint density at radius 3 is 2.89 bits per heavy atom. The molecule has 0 bridgehead atoms. The van der Waals surface area contributed by atoms with E-state index in [1.807, 2.05) is 38.1 Å². The molecule has 1 aromatic carbocycles. The van der Waals surface area contributed by atoms with E-state index >= 15 is 0 Å². The van der Waals surface area contributed by atoms with Crippen molar-refractivity contribution in [1.82, 2.24) is 4.98 Å². The summed E-state index contributed by atoms with van der Waals surface area (Å²) in [4.78, 5) is 15.2. The summed E-state index contributed by atoms with van der Waals surface area (Å²) >= 11 is 0. The van der Waals surface area contributed by atoms with Crippen molar-refractivity contribution < 1.29 is 14.6 Å². The molecule has 0 atom stereocenters. The predicted octanol–water partition coefficient (Wildman–Crippen LogP) is 2.96. The van der Waals surface area contributed by atoms with Gasteiger partial charge in [0.05, 0.1) is 6.61 Å². The lowest BCUT2D eigenvalue weighted by molar-refractivity contribution is -0.136. The van der Waals surface area contributed by atoms with Crippen LogP contribution in [0.2, 0.25) is 0 Å². The van der Waals surface area contributed by atoms with Gasteiger partial charge < -0.3 is 9.84 Å². The SMILES string of the molecule is CCOc1cccc2c(CCC(=O)O)cc(C)nc12. The largest absolute Gasteiger partial charge is 0.492 e. The highest BCUT2D eigenvalue weighted by molar-refractivity contribution is 5.88. The second-order valence-electron chi connectivity index (χ2n) is 4.40. The summed E-state index contributed by atoms with van der Waals surface area (Å²) in [6, 6.07) is 7.70. The third kappa shape index (κ3) is 3.02. The number of nitrogens with zero attached hydrogens (tertiary/aromatic N) is 1. The van der Waals surface area contributed by atoms with Crippen LogP contribution in [0, 0.1) is 6.92 Å². The maximum atomic E-state index is 10.7. The monoisotopic (exact) mass is 259 g/mol. The number of benzene rings is 1. The molecule has 0 aliphatic heterocycles. The van der Waals surface area contributed by atoms with Crippen LogP contribution in [0.25, 0.3) is 10.9 Å². The summed E-state index contributed by atoms with van der Waals surface area (Å²) in [5.74, 6) is -0.0381. The van der Waals surface area contributed by atoms with Crippen LogP contribution in [-0.2, 0) is 11.2 Å². The molecule has 0 saturated carbocycles. The first kappa shape index (κ1) is 13.3. The van der Waals surface area contributed by atoms with Crippen molar-refractivity contribution in [2.45, 2.75) is 26.7 Å². The zero-order chi connectivity index (χ0) is 13.8. The number of para-hydroxylation sites is 1. The van der Waals surface area contributed by atoms with E-state index in [4.69, 9.17) is 9.84 Å². The van der Waals surface area contributed by atoms with E-state index < -0.39 is 5.97 Å². The van der Waals surface area contributed by atoms with Gasteiger partial charge in [0, 0.05) is 17.5 Å². The van der Waals surface area contributed by atoms with Crippen molar-refractivity contribution in [3.05, 3.63) is 35.5 Å². The Balaban J connectivity index is 2.51. The van der Waals surface area contributed by atoms with E-state index in [0.717, 1.165) is 27.9 Å². The van der Waals surface area contributed by atoms with Gasteiger partial charge in [-0.15, -0.1) is 0 Å². The number of aryl methyl sites for hydroxylation is 2. The normalized spacial score (nSPS) is 10.6. The van der Waals surface area contributed by atoms with Crippen LogP contribution in [0.5, 0.6) is 5.75 Å². The molecule has 0 unspecified atom stereocenters. The zero-order valence-corrected chi connectivity index (χ0v) is 11.1. The van der Waals surface area contributed by atoms with Gasteiger partial charge in [0.1, 0.15) is 11.3 Å². The molecular weight excluding hydrogens is 242 g/mol. The summed E-state index contributed by atoms with van der Waals surface area (Å²) in [5, 5.41) is 9.78. The number of rotatable bonds is 5. The molecule has 100 valence electrons. The number of carboxylic acids is 1. The molecule has 0 aliphatic rings. The summed E-state index contributed by atoms with van der Waals surface area (Å²) in [6.07, 6.45) is 0.627. The van der Waals surface area contributed by atoms with Crippen LogP contribution < -0.4 is 4.74 Å². The van der Waals surface area contributed by atoms with E-state index in [1.165, 1.54) is 0 Å². The smallest absolute Gasteiger partial charge is 0.303 e. The Kier molecular flexibility index (Phi) is 4.00. The van der Waals surface area contributed by atoms with Crippen LogP contribution in [-0.4, -0.2) is 22.7 Å². The fourth-order valence-corrected chi connectivity index (χ4v) is 2.16. The number of fused-ring (bicyclic) bond motifs is 1. The number of carbonyl (C=O) groups is 1. The van der Waals surface area contributed by atoms with Crippen molar-refractivity contribution in [2.24, 2.45) is 0 Å². The highest BCUT2D eigenvalue weighted by Gasteiger charge is 2.10. The Bertz CT molecular complexity index is 608. The number of hydrogen-bond acceptors (Lipinski definition) is 3. The second-order valence-corrected chi connectivity index (χ2v) is 4.40. The predicted molar refractivity (Wildman–Crippen MR) is 73.6 cm³/mol. The minimum absolute atomic E-state index is 0.122. The quantitative estimate of drug-likeness (QED) is 0.896. The van der Waals surface area contributed by atoms with E-state index in [9.17, 15) is 4.79 Å². The Morgan fingerprint density at radius 2 is 2.21 bits per heavy atom. The third-order valence-corrected chi connectivity index (χ3v) is 2.92. The van der Waals surface area contributed by atoms with Crippen LogP contribution in [0.4, 0.5) is 0 Å². The molecule has 1 aromatic heterocycles. The lowest BCUT2D eigenvalue weighted by Crippen LogP contribution is -2.01. The van der Waals surface area contributed by atoms with E-state index in [2.05, 4.69) is 4.98 Å². The summed E-state index contributed by atoms with van der Waals surface area (Å²) in [6.45, 7) is 4.42. The molecule has 0 fully saturated rings. The fourth-order valence-electron chi connectivity index (χ4n) is 2.16. The molecule has 4 nitrogen and oxygen atoms in total. The topological polar surface area (TPSA) is 59.4 Å². The van der Waals surface area contributed by atoms with Crippen LogP contribution in [0.15, 0.2) is 24.3 Å². The summed E-state index contributed by atoms with van der Waals surface area (Å²) in [7, 11) is 0. The highest BCUT2D eigenvalue weighted by atomic mass is 16.5. The van der Waals surface area contributed by atoms with E-state index in [-0.39, 0.29) is 6.42 Å². The number of ether oxygens (including phenoxy) is 1. The molecular formula is C15H17NO3. The Hall–Kier alpha value is -2.10. The maximum Gasteiger partial charge on any atom is 0.303 e. The maximum absolute atomic E-state index is 10.7. The number of aromatic nitrogens is 1. The Labute approximate surface area is 112 Å². The molecule has 1 heterocycles. The molecule has 0 radical (unpaired) electrons. The first-order valence-electron chi connectivity index (χ1n) is 6.35. The van der Waals surface area contributed by atoms with Gasteiger partial charge in [-0.1, -0.05) is 12.1 Å². The van der Waals surface area contributed by atoms with Gasteiger partial charge >= 0.3 is 5.97 Å². The van der Waals surface area contributed by atoms with Gasteiger partial charge in [-0.05, 0) is 38.0 Å². The van der Waals surface area contributed by atoms with Gasteiger partial charge in [0.25, 0.3) is 0 Å². The average Bonchev–Trinajstić information content (AvgIpc) is 2.37. The van der Waals surface area contributed by atoms with Gasteiger partial charge in [-0.3, -0.25) is 4.79 Å². The van der Waals surface area contributed by atoms with Gasteiger partial charge in [0.2, 0.25) is 0 Å². The molecule has 4 heteroatoms. The number of hydrogen-bond donors (Lipinski definition) is 1. The third-order valence-electron chi connectivity index (χ3n) is 2.92. The van der Waals surface area contributed by atoms with E-state index in [0.29, 0.717) is 13.0 Å². The van der Waals surface area contributed by atoms with Crippen molar-refractivity contribution >= 4 is 16.9 Å². The highest BCUT2D eigenvalue weighted by Crippen LogP contribution is 2.27. The lowest BCUT2D eigenvalue weighted by atomic mass is 10.0. The molecule has 19 heavy (non-hydrogen) atoms. The van der Waals surface area contributed by atoms with Crippen LogP contribution in [0.3, 0.4) is 0 Å². The summed E-state index contributed by atoms with van der Waals surface area (Å²) < 4.78 is 5.58. The fraction of sp³-hybridized carbons (Fsp3) is 0.333. The number of pyridine rings is 1. The summed E-state index contributed by atoms with van der Waals surface area (Å²) in [5.41, 5.74) is 2.69. The van der Waals surface area contributed by atoms with E-state index in [1.54, 1.807) is 0 Å². The minimum Gasteiger partial charge on any atom is -0.492 e. The first-order valence-corrected chi connectivity index (χ1v) is 6.35. The molecule has 0 spiro atoms. The zero-order valence-electron chi connectivity index (χ0n) is 11.1. The Morgan fingerprint density at radius 1 is 1.42 bits per heavy atom. The van der Waals surface area contributed by atoms with Crippen molar-refractivity contribution in [2.75, 3.05) is 6.61 Å². The lowest BCUT2D eigenvalue weighted by Gasteiger charge is -2.11. The molecule has 0 amide bonds. The molecule has 0 aliphatic carbocycles. The van der Waals surface area contributed by atoms with Gasteiger partial charge in [-0.25, -0.2) is 4.98 Å². The first-order chi connectivity index (χ1) is 9.11. The molecule has 2 aromatic rings. The average molecular weight is 259 g/mol. The molecule has 0 saturated heterocycles. The van der Waals surface area contributed by atoms with Crippen molar-refractivity contribution in [3.8, 4) is 5.75 Å².